The summed E-state index contributed by atoms with van der Waals surface area (Å²) in [5.74, 6) is 0.881. The molecule has 1 atom stereocenters. The first-order valence-corrected chi connectivity index (χ1v) is 5.90. The zero-order valence-corrected chi connectivity index (χ0v) is 9.15. The van der Waals surface area contributed by atoms with Gasteiger partial charge in [-0.15, -0.1) is 0 Å². The predicted molar refractivity (Wildman–Crippen MR) is 61.3 cm³/mol. The van der Waals surface area contributed by atoms with Crippen molar-refractivity contribution < 1.29 is 0 Å². The van der Waals surface area contributed by atoms with Crippen molar-refractivity contribution in [3.05, 3.63) is 24.3 Å². The second-order valence-electron chi connectivity index (χ2n) is 4.57. The fraction of sp³-hybridized carbons (Fsp3) is 0.692. The summed E-state index contributed by atoms with van der Waals surface area (Å²) in [6, 6.07) is 0.712. The summed E-state index contributed by atoms with van der Waals surface area (Å²) in [4.78, 5) is 2.52. The molecule has 1 nitrogen and oxygen atoms in total. The molecule has 1 heteroatoms. The van der Waals surface area contributed by atoms with Gasteiger partial charge in [-0.05, 0) is 45.1 Å². The summed E-state index contributed by atoms with van der Waals surface area (Å²) >= 11 is 0. The van der Waals surface area contributed by atoms with Crippen LogP contribution in [0, 0.1) is 5.92 Å². The minimum Gasteiger partial charge on any atom is -0.299 e. The monoisotopic (exact) mass is 191 g/mol. The molecule has 1 aliphatic carbocycles. The van der Waals surface area contributed by atoms with Crippen molar-refractivity contribution in [2.75, 3.05) is 13.6 Å². The molecule has 0 aromatic carbocycles. The van der Waals surface area contributed by atoms with Gasteiger partial charge in [-0.3, -0.25) is 4.90 Å². The molecule has 14 heavy (non-hydrogen) atoms. The summed E-state index contributed by atoms with van der Waals surface area (Å²) < 4.78 is 0. The van der Waals surface area contributed by atoms with E-state index in [-0.39, 0.29) is 0 Å². The van der Waals surface area contributed by atoms with Crippen LogP contribution in [0.3, 0.4) is 0 Å². The lowest BCUT2D eigenvalue weighted by Crippen LogP contribution is -2.38. The van der Waals surface area contributed by atoms with Crippen LogP contribution in [0.5, 0.6) is 0 Å². The third-order valence-corrected chi connectivity index (χ3v) is 3.55. The fourth-order valence-electron chi connectivity index (χ4n) is 2.67. The van der Waals surface area contributed by atoms with Crippen LogP contribution in [-0.2, 0) is 0 Å². The number of likely N-dealkylation sites (N-methyl/N-ethyl adjacent to an activating group) is 1. The second kappa shape index (κ2) is 4.79. The maximum Gasteiger partial charge on any atom is 0.0303 e. The molecule has 2 rings (SSSR count). The van der Waals surface area contributed by atoms with Gasteiger partial charge < -0.3 is 0 Å². The molecule has 1 heterocycles. The zero-order valence-electron chi connectivity index (χ0n) is 9.15. The summed E-state index contributed by atoms with van der Waals surface area (Å²) in [6.07, 6.45) is 16.0. The van der Waals surface area contributed by atoms with Gasteiger partial charge in [0.2, 0.25) is 0 Å². The van der Waals surface area contributed by atoms with Crippen LogP contribution >= 0.6 is 0 Å². The average Bonchev–Trinajstić information content (AvgIpc) is 2.47. The van der Waals surface area contributed by atoms with Crippen LogP contribution in [0.25, 0.3) is 0 Å². The van der Waals surface area contributed by atoms with Crippen LogP contribution in [0.2, 0.25) is 0 Å². The molecule has 0 saturated heterocycles. The first-order chi connectivity index (χ1) is 6.88. The third kappa shape index (κ3) is 2.27. The highest BCUT2D eigenvalue weighted by atomic mass is 15.1. The Labute approximate surface area is 87.5 Å². The molecule has 0 radical (unpaired) electrons. The van der Waals surface area contributed by atoms with Crippen molar-refractivity contribution in [2.45, 2.75) is 38.1 Å². The Morgan fingerprint density at radius 3 is 2.36 bits per heavy atom. The lowest BCUT2D eigenvalue weighted by molar-refractivity contribution is 0.195. The van der Waals surface area contributed by atoms with E-state index in [4.69, 9.17) is 0 Å². The van der Waals surface area contributed by atoms with Crippen LogP contribution in [0.4, 0.5) is 0 Å². The first kappa shape index (κ1) is 9.97. The van der Waals surface area contributed by atoms with E-state index in [2.05, 4.69) is 36.3 Å². The highest BCUT2D eigenvalue weighted by Gasteiger charge is 2.24. The maximum absolute atomic E-state index is 2.52. The number of hydrogen-bond acceptors (Lipinski definition) is 1. The van der Waals surface area contributed by atoms with Crippen molar-refractivity contribution in [3.8, 4) is 0 Å². The van der Waals surface area contributed by atoms with Crippen molar-refractivity contribution >= 4 is 0 Å². The smallest absolute Gasteiger partial charge is 0.0303 e. The van der Waals surface area contributed by atoms with Crippen LogP contribution in [0.15, 0.2) is 24.3 Å². The van der Waals surface area contributed by atoms with E-state index in [1.165, 1.54) is 38.6 Å². The van der Waals surface area contributed by atoms with Crippen LogP contribution in [0.1, 0.15) is 32.1 Å². The van der Waals surface area contributed by atoms with Gasteiger partial charge in [-0.1, -0.05) is 24.3 Å². The number of nitrogens with zero attached hydrogens (tertiary/aromatic N) is 1. The van der Waals surface area contributed by atoms with Crippen molar-refractivity contribution in [1.82, 2.24) is 4.90 Å². The highest BCUT2D eigenvalue weighted by molar-refractivity contribution is 5.03. The molecule has 0 fully saturated rings. The molecule has 78 valence electrons. The molecule has 0 aromatic heterocycles. The molecule has 0 spiro atoms. The molecular formula is C13H21N. The molecule has 1 unspecified atom stereocenters. The molecule has 0 amide bonds. The van der Waals surface area contributed by atoms with E-state index in [9.17, 15) is 0 Å². The number of rotatable bonds is 1. The molecule has 2 aliphatic rings. The standard InChI is InChI=1S/C13H21N/c1-14-11-7-6-10-13(14)12-8-4-2-3-5-9-12/h2-3,6,10,12-13H,4-5,7-9,11H2,1H3. The second-order valence-corrected chi connectivity index (χ2v) is 4.57. The average molecular weight is 191 g/mol. The van der Waals surface area contributed by atoms with Gasteiger partial charge in [0.15, 0.2) is 0 Å². The fourth-order valence-corrected chi connectivity index (χ4v) is 2.67. The maximum atomic E-state index is 2.52. The third-order valence-electron chi connectivity index (χ3n) is 3.55. The quantitative estimate of drug-likeness (QED) is 0.576. The largest absolute Gasteiger partial charge is 0.299 e. The van der Waals surface area contributed by atoms with E-state index in [1.807, 2.05) is 0 Å². The van der Waals surface area contributed by atoms with Gasteiger partial charge in [0, 0.05) is 12.6 Å². The highest BCUT2D eigenvalue weighted by Crippen LogP contribution is 2.27. The van der Waals surface area contributed by atoms with E-state index >= 15 is 0 Å². The Bertz CT molecular complexity index is 219. The first-order valence-electron chi connectivity index (χ1n) is 5.90. The molecule has 0 saturated carbocycles. The summed E-state index contributed by atoms with van der Waals surface area (Å²) in [6.45, 7) is 1.24. The van der Waals surface area contributed by atoms with Gasteiger partial charge in [0.25, 0.3) is 0 Å². The topological polar surface area (TPSA) is 3.24 Å². The zero-order chi connectivity index (χ0) is 9.80. The molecule has 1 aliphatic heterocycles. The van der Waals surface area contributed by atoms with Gasteiger partial charge in [0.05, 0.1) is 0 Å². The van der Waals surface area contributed by atoms with Crippen molar-refractivity contribution in [1.29, 1.82) is 0 Å². The van der Waals surface area contributed by atoms with Gasteiger partial charge in [-0.2, -0.15) is 0 Å². The lowest BCUT2D eigenvalue weighted by atomic mass is 9.89. The Hall–Kier alpha value is -0.560. The SMILES string of the molecule is CN1CCC=CC1C1CCC=CCC1. The van der Waals surface area contributed by atoms with Crippen molar-refractivity contribution in [2.24, 2.45) is 5.92 Å². The Balaban J connectivity index is 1.98. The lowest BCUT2D eigenvalue weighted by Gasteiger charge is -2.34. The van der Waals surface area contributed by atoms with E-state index in [0.29, 0.717) is 6.04 Å². The molecule has 0 bridgehead atoms. The minimum absolute atomic E-state index is 0.712. The Morgan fingerprint density at radius 1 is 1.00 bits per heavy atom. The molecule has 0 aromatic rings. The van der Waals surface area contributed by atoms with Gasteiger partial charge in [-0.25, -0.2) is 0 Å². The van der Waals surface area contributed by atoms with Gasteiger partial charge >= 0.3 is 0 Å². The predicted octanol–water partition coefficient (Wildman–Crippen LogP) is 2.99. The van der Waals surface area contributed by atoms with E-state index in [0.717, 1.165) is 5.92 Å². The van der Waals surface area contributed by atoms with Crippen molar-refractivity contribution in [3.63, 3.8) is 0 Å². The normalized spacial score (nSPS) is 30.5. The summed E-state index contributed by atoms with van der Waals surface area (Å²) in [5.41, 5.74) is 0. The van der Waals surface area contributed by atoms with Crippen LogP contribution < -0.4 is 0 Å². The van der Waals surface area contributed by atoms with Gasteiger partial charge in [0.1, 0.15) is 0 Å². The summed E-state index contributed by atoms with van der Waals surface area (Å²) in [5, 5.41) is 0. The van der Waals surface area contributed by atoms with E-state index in [1.54, 1.807) is 0 Å². The number of allylic oxidation sites excluding steroid dienone is 2. The minimum atomic E-state index is 0.712. The summed E-state index contributed by atoms with van der Waals surface area (Å²) in [7, 11) is 2.27. The Morgan fingerprint density at radius 2 is 1.71 bits per heavy atom. The van der Waals surface area contributed by atoms with Crippen LogP contribution in [-0.4, -0.2) is 24.5 Å². The van der Waals surface area contributed by atoms with E-state index < -0.39 is 0 Å². The molecular weight excluding hydrogens is 170 g/mol. The number of hydrogen-bond donors (Lipinski definition) is 0. The molecule has 0 N–H and O–H groups in total. The Kier molecular flexibility index (Phi) is 3.41.